The second-order valence-corrected chi connectivity index (χ2v) is 7.40. The minimum Gasteiger partial charge on any atom is -0.484 e. The molecule has 1 aliphatic heterocycles. The number of thiophene rings is 1. The zero-order chi connectivity index (χ0) is 13.6. The quantitative estimate of drug-likeness (QED) is 0.658. The fourth-order valence-corrected chi connectivity index (χ4v) is 4.10. The molecule has 0 radical (unpaired) electrons. The number of ether oxygens (including phenoxy) is 1. The van der Waals surface area contributed by atoms with Gasteiger partial charge in [-0.3, -0.25) is 4.79 Å². The van der Waals surface area contributed by atoms with Crippen molar-refractivity contribution in [3.63, 3.8) is 0 Å². The van der Waals surface area contributed by atoms with Crippen LogP contribution in [-0.4, -0.2) is 5.78 Å². The van der Waals surface area contributed by atoms with Crippen LogP contribution in [0.4, 0.5) is 4.39 Å². The zero-order valence-electron chi connectivity index (χ0n) is 9.45. The van der Waals surface area contributed by atoms with Crippen molar-refractivity contribution < 1.29 is 13.9 Å². The van der Waals surface area contributed by atoms with Gasteiger partial charge in [0.25, 0.3) is 0 Å². The molecule has 2 nitrogen and oxygen atoms in total. The van der Waals surface area contributed by atoms with Gasteiger partial charge in [-0.05, 0) is 56.1 Å². The average molecular weight is 406 g/mol. The monoisotopic (exact) mass is 404 g/mol. The van der Waals surface area contributed by atoms with Crippen molar-refractivity contribution in [2.24, 2.45) is 0 Å². The van der Waals surface area contributed by atoms with Gasteiger partial charge < -0.3 is 4.74 Å². The van der Waals surface area contributed by atoms with E-state index in [2.05, 4.69) is 31.9 Å². The van der Waals surface area contributed by atoms with E-state index in [1.54, 1.807) is 0 Å². The number of carbonyl (C=O) groups excluding carboxylic acids is 1. The second kappa shape index (κ2) is 5.00. The lowest BCUT2D eigenvalue weighted by atomic mass is 10.00. The van der Waals surface area contributed by atoms with E-state index in [0.29, 0.717) is 11.3 Å². The topological polar surface area (TPSA) is 26.3 Å². The first kappa shape index (κ1) is 13.3. The van der Waals surface area contributed by atoms with Gasteiger partial charge in [0.2, 0.25) is 0 Å². The van der Waals surface area contributed by atoms with Crippen LogP contribution in [0, 0.1) is 5.82 Å². The highest BCUT2D eigenvalue weighted by Crippen LogP contribution is 2.41. The summed E-state index contributed by atoms with van der Waals surface area (Å²) in [6, 6.07) is 5.97. The lowest BCUT2D eigenvalue weighted by molar-refractivity contribution is 0.0853. The van der Waals surface area contributed by atoms with Gasteiger partial charge in [0.1, 0.15) is 17.7 Å². The molecule has 1 unspecified atom stereocenters. The van der Waals surface area contributed by atoms with Crippen molar-refractivity contribution in [3.8, 4) is 5.75 Å². The normalized spacial score (nSPS) is 18.1. The molecule has 0 aliphatic carbocycles. The molecule has 2 aromatic rings. The van der Waals surface area contributed by atoms with Crippen molar-refractivity contribution >= 4 is 49.0 Å². The van der Waals surface area contributed by atoms with Crippen LogP contribution in [0.3, 0.4) is 0 Å². The van der Waals surface area contributed by atoms with Crippen molar-refractivity contribution in [1.82, 2.24) is 0 Å². The number of hydrogen-bond acceptors (Lipinski definition) is 3. The molecule has 0 fully saturated rings. The Bertz CT molecular complexity index is 649. The Labute approximate surface area is 129 Å². The molecular weight excluding hydrogens is 399 g/mol. The molecule has 0 saturated carbocycles. The number of fused-ring (bicyclic) bond motifs is 1. The molecule has 0 bridgehead atoms. The molecule has 0 N–H and O–H groups in total. The molecule has 2 heterocycles. The molecule has 1 aromatic heterocycles. The zero-order valence-corrected chi connectivity index (χ0v) is 13.4. The first-order valence-corrected chi connectivity index (χ1v) is 7.89. The summed E-state index contributed by atoms with van der Waals surface area (Å²) in [5.74, 6) is -0.0644. The van der Waals surface area contributed by atoms with E-state index >= 15 is 0 Å². The number of rotatable bonds is 1. The Morgan fingerprint density at radius 2 is 2.11 bits per heavy atom. The predicted molar refractivity (Wildman–Crippen MR) is 78.4 cm³/mol. The summed E-state index contributed by atoms with van der Waals surface area (Å²) in [7, 11) is 0. The van der Waals surface area contributed by atoms with Gasteiger partial charge in [0, 0.05) is 9.35 Å². The Morgan fingerprint density at radius 1 is 1.32 bits per heavy atom. The van der Waals surface area contributed by atoms with Crippen molar-refractivity contribution in [3.05, 3.63) is 48.8 Å². The van der Waals surface area contributed by atoms with Crippen LogP contribution in [0.1, 0.15) is 27.8 Å². The van der Waals surface area contributed by atoms with Crippen molar-refractivity contribution in [2.75, 3.05) is 0 Å². The van der Waals surface area contributed by atoms with Crippen molar-refractivity contribution in [2.45, 2.75) is 12.5 Å². The number of hydrogen-bond donors (Lipinski definition) is 0. The summed E-state index contributed by atoms with van der Waals surface area (Å²) in [4.78, 5) is 13.0. The van der Waals surface area contributed by atoms with Crippen LogP contribution in [0.15, 0.2) is 32.5 Å². The van der Waals surface area contributed by atoms with E-state index in [0.717, 1.165) is 13.1 Å². The number of Topliss-reactive ketones (excluding diaryl/α,β-unsaturated/α-hetero) is 1. The maximum atomic E-state index is 13.1. The number of carbonyl (C=O) groups is 1. The highest BCUT2D eigenvalue weighted by molar-refractivity contribution is 9.13. The third-order valence-corrected chi connectivity index (χ3v) is 6.21. The Morgan fingerprint density at radius 3 is 2.79 bits per heavy atom. The highest BCUT2D eigenvalue weighted by Gasteiger charge is 2.29. The van der Waals surface area contributed by atoms with E-state index in [9.17, 15) is 9.18 Å². The number of benzene rings is 1. The van der Waals surface area contributed by atoms with Crippen LogP contribution >= 0.6 is 43.2 Å². The van der Waals surface area contributed by atoms with E-state index in [-0.39, 0.29) is 18.3 Å². The summed E-state index contributed by atoms with van der Waals surface area (Å²) in [6.45, 7) is 0. The van der Waals surface area contributed by atoms with Crippen LogP contribution in [0.25, 0.3) is 0 Å². The Balaban J connectivity index is 1.97. The van der Waals surface area contributed by atoms with Gasteiger partial charge in [-0.2, -0.15) is 0 Å². The molecule has 3 rings (SSSR count). The average Bonchev–Trinajstić information content (AvgIpc) is 2.70. The van der Waals surface area contributed by atoms with Gasteiger partial charge in [-0.25, -0.2) is 4.39 Å². The molecular formula is C13H7Br2FO2S. The summed E-state index contributed by atoms with van der Waals surface area (Å²) < 4.78 is 20.8. The lowest BCUT2D eigenvalue weighted by Crippen LogP contribution is -2.19. The van der Waals surface area contributed by atoms with E-state index in [4.69, 9.17) is 4.74 Å². The van der Waals surface area contributed by atoms with Crippen LogP contribution in [-0.2, 0) is 0 Å². The molecule has 1 aromatic carbocycles. The molecule has 1 atom stereocenters. The van der Waals surface area contributed by atoms with Gasteiger partial charge in [0.15, 0.2) is 5.78 Å². The SMILES string of the molecule is O=C1CC(c2cc(Br)c(Br)s2)Oc2ccc(F)cc21. The maximum Gasteiger partial charge on any atom is 0.170 e. The first-order chi connectivity index (χ1) is 9.04. The lowest BCUT2D eigenvalue weighted by Gasteiger charge is -2.24. The first-order valence-electron chi connectivity index (χ1n) is 5.49. The molecule has 1 aliphatic rings. The third kappa shape index (κ3) is 2.49. The number of ketones is 1. The molecule has 19 heavy (non-hydrogen) atoms. The highest BCUT2D eigenvalue weighted by atomic mass is 79.9. The maximum absolute atomic E-state index is 13.1. The van der Waals surface area contributed by atoms with Crippen LogP contribution < -0.4 is 4.74 Å². The van der Waals surface area contributed by atoms with Gasteiger partial charge >= 0.3 is 0 Å². The van der Waals surface area contributed by atoms with Gasteiger partial charge in [-0.1, -0.05) is 0 Å². The fraction of sp³-hybridized carbons (Fsp3) is 0.154. The largest absolute Gasteiger partial charge is 0.484 e. The molecule has 0 saturated heterocycles. The fourth-order valence-electron chi connectivity index (χ4n) is 1.98. The van der Waals surface area contributed by atoms with E-state index in [1.165, 1.54) is 29.5 Å². The molecule has 0 spiro atoms. The summed E-state index contributed by atoms with van der Waals surface area (Å²) in [5, 5.41) is 0. The molecule has 0 amide bonds. The second-order valence-electron chi connectivity index (χ2n) is 4.14. The van der Waals surface area contributed by atoms with E-state index in [1.807, 2.05) is 6.07 Å². The predicted octanol–water partition coefficient (Wildman–Crippen LogP) is 5.12. The molecule has 6 heteroatoms. The summed E-state index contributed by atoms with van der Waals surface area (Å²) in [5.41, 5.74) is 0.325. The summed E-state index contributed by atoms with van der Waals surface area (Å²) >= 11 is 8.35. The minimum absolute atomic E-state index is 0.0913. The number of halogens is 3. The van der Waals surface area contributed by atoms with Crippen LogP contribution in [0.2, 0.25) is 0 Å². The third-order valence-electron chi connectivity index (χ3n) is 2.86. The Kier molecular flexibility index (Phi) is 3.49. The molecule has 98 valence electrons. The summed E-state index contributed by atoms with van der Waals surface area (Å²) in [6.07, 6.45) is -0.0754. The van der Waals surface area contributed by atoms with Crippen molar-refractivity contribution in [1.29, 1.82) is 0 Å². The van der Waals surface area contributed by atoms with Gasteiger partial charge in [0.05, 0.1) is 15.8 Å². The standard InChI is InChI=1S/C13H7Br2FO2S/c14-8-4-12(19-13(8)15)11-5-9(17)7-3-6(16)1-2-10(7)18-11/h1-4,11H,5H2. The Hall–Kier alpha value is -0.720. The smallest absolute Gasteiger partial charge is 0.170 e. The van der Waals surface area contributed by atoms with Crippen LogP contribution in [0.5, 0.6) is 5.75 Å². The van der Waals surface area contributed by atoms with E-state index < -0.39 is 5.82 Å². The van der Waals surface area contributed by atoms with Gasteiger partial charge in [-0.15, -0.1) is 11.3 Å². The minimum atomic E-state index is -0.421.